The summed E-state index contributed by atoms with van der Waals surface area (Å²) < 4.78 is 27.4. The smallest absolute Gasteiger partial charge is 0.131 e. The molecule has 0 bridgehead atoms. The van der Waals surface area contributed by atoms with Crippen LogP contribution in [0.15, 0.2) is 29.6 Å². The van der Waals surface area contributed by atoms with Crippen molar-refractivity contribution < 1.29 is 8.78 Å². The molecule has 0 aliphatic carbocycles. The van der Waals surface area contributed by atoms with Crippen molar-refractivity contribution in [2.75, 3.05) is 6.54 Å². The first-order valence-electron chi connectivity index (χ1n) is 6.35. The van der Waals surface area contributed by atoms with Gasteiger partial charge in [0.2, 0.25) is 0 Å². The van der Waals surface area contributed by atoms with Crippen LogP contribution in [0.25, 0.3) is 0 Å². The number of benzene rings is 1. The lowest BCUT2D eigenvalue weighted by molar-refractivity contribution is 0.533. The highest BCUT2D eigenvalue weighted by molar-refractivity contribution is 7.10. The standard InChI is InChI=1S/C15H17F2NS/c1-3-6-18-15(14-5-4-7-19-14)11-8-10(2)12(16)9-13(11)17/h4-5,7-9,15,18H,3,6H2,1-2H3. The maximum absolute atomic E-state index is 14.0. The Morgan fingerprint density at radius 1 is 1.26 bits per heavy atom. The van der Waals surface area contributed by atoms with Crippen LogP contribution in [-0.2, 0) is 0 Å². The van der Waals surface area contributed by atoms with Crippen LogP contribution in [0.3, 0.4) is 0 Å². The van der Waals surface area contributed by atoms with Crippen molar-refractivity contribution in [2.24, 2.45) is 0 Å². The highest BCUT2D eigenvalue weighted by Crippen LogP contribution is 2.29. The molecule has 1 nitrogen and oxygen atoms in total. The maximum Gasteiger partial charge on any atom is 0.131 e. The van der Waals surface area contributed by atoms with Gasteiger partial charge in [-0.15, -0.1) is 11.3 Å². The van der Waals surface area contributed by atoms with E-state index in [9.17, 15) is 8.78 Å². The monoisotopic (exact) mass is 281 g/mol. The fourth-order valence-corrected chi connectivity index (χ4v) is 2.83. The second-order valence-electron chi connectivity index (χ2n) is 4.53. The first-order chi connectivity index (χ1) is 9.13. The van der Waals surface area contributed by atoms with Crippen LogP contribution >= 0.6 is 11.3 Å². The molecule has 2 rings (SSSR count). The van der Waals surface area contributed by atoms with Crippen molar-refractivity contribution in [3.8, 4) is 0 Å². The van der Waals surface area contributed by atoms with Crippen molar-refractivity contribution >= 4 is 11.3 Å². The molecule has 0 aliphatic heterocycles. The summed E-state index contributed by atoms with van der Waals surface area (Å²) in [5.74, 6) is -0.994. The van der Waals surface area contributed by atoms with Gasteiger partial charge in [-0.05, 0) is 43.0 Å². The predicted octanol–water partition coefficient (Wildman–Crippen LogP) is 4.42. The first kappa shape index (κ1) is 14.2. The van der Waals surface area contributed by atoms with Gasteiger partial charge in [-0.25, -0.2) is 8.78 Å². The van der Waals surface area contributed by atoms with Gasteiger partial charge in [0.1, 0.15) is 11.6 Å². The average molecular weight is 281 g/mol. The number of rotatable bonds is 5. The van der Waals surface area contributed by atoms with Crippen LogP contribution in [0.1, 0.15) is 35.4 Å². The van der Waals surface area contributed by atoms with Gasteiger partial charge in [0.25, 0.3) is 0 Å². The van der Waals surface area contributed by atoms with E-state index in [0.717, 1.165) is 23.9 Å². The van der Waals surface area contributed by atoms with Crippen molar-refractivity contribution in [1.82, 2.24) is 5.32 Å². The van der Waals surface area contributed by atoms with Crippen molar-refractivity contribution in [1.29, 1.82) is 0 Å². The number of nitrogens with one attached hydrogen (secondary N) is 1. The third-order valence-corrected chi connectivity index (χ3v) is 3.95. The van der Waals surface area contributed by atoms with E-state index in [1.54, 1.807) is 24.3 Å². The molecule has 1 aromatic heterocycles. The Hall–Kier alpha value is -1.26. The Labute approximate surface area is 116 Å². The molecule has 0 aliphatic rings. The lowest BCUT2D eigenvalue weighted by Gasteiger charge is -2.19. The molecule has 4 heteroatoms. The van der Waals surface area contributed by atoms with E-state index in [4.69, 9.17) is 0 Å². The fourth-order valence-electron chi connectivity index (χ4n) is 2.01. The highest BCUT2D eigenvalue weighted by Gasteiger charge is 2.19. The van der Waals surface area contributed by atoms with E-state index >= 15 is 0 Å². The molecule has 0 fully saturated rings. The molecule has 0 saturated heterocycles. The zero-order valence-electron chi connectivity index (χ0n) is 11.0. The molecule has 102 valence electrons. The largest absolute Gasteiger partial charge is 0.306 e. The third kappa shape index (κ3) is 3.19. The predicted molar refractivity (Wildman–Crippen MR) is 75.6 cm³/mol. The minimum atomic E-state index is -0.498. The number of aryl methyl sites for hydroxylation is 1. The third-order valence-electron chi connectivity index (χ3n) is 3.02. The minimum Gasteiger partial charge on any atom is -0.306 e. The summed E-state index contributed by atoms with van der Waals surface area (Å²) in [6, 6.07) is 6.26. The molecule has 1 aromatic carbocycles. The van der Waals surface area contributed by atoms with Crippen LogP contribution in [-0.4, -0.2) is 6.54 Å². The maximum atomic E-state index is 14.0. The van der Waals surface area contributed by atoms with E-state index < -0.39 is 11.6 Å². The highest BCUT2D eigenvalue weighted by atomic mass is 32.1. The molecule has 0 radical (unpaired) electrons. The van der Waals surface area contributed by atoms with Gasteiger partial charge in [-0.3, -0.25) is 0 Å². The first-order valence-corrected chi connectivity index (χ1v) is 7.23. The number of thiophene rings is 1. The summed E-state index contributed by atoms with van der Waals surface area (Å²) in [5, 5.41) is 5.29. The topological polar surface area (TPSA) is 12.0 Å². The molecule has 1 atom stereocenters. The summed E-state index contributed by atoms with van der Waals surface area (Å²) in [4.78, 5) is 1.04. The second kappa shape index (κ2) is 6.26. The molecule has 2 aromatic rings. The van der Waals surface area contributed by atoms with E-state index in [0.29, 0.717) is 11.1 Å². The molecule has 0 amide bonds. The minimum absolute atomic E-state index is 0.209. The van der Waals surface area contributed by atoms with Gasteiger partial charge < -0.3 is 5.32 Å². The fraction of sp³-hybridized carbons (Fsp3) is 0.333. The zero-order chi connectivity index (χ0) is 13.8. The van der Waals surface area contributed by atoms with Gasteiger partial charge in [-0.2, -0.15) is 0 Å². The number of halogens is 2. The van der Waals surface area contributed by atoms with E-state index in [1.807, 2.05) is 17.5 Å². The second-order valence-corrected chi connectivity index (χ2v) is 5.50. The van der Waals surface area contributed by atoms with E-state index in [-0.39, 0.29) is 6.04 Å². The summed E-state index contributed by atoms with van der Waals surface area (Å²) in [6.45, 7) is 4.51. The van der Waals surface area contributed by atoms with Crippen LogP contribution in [0, 0.1) is 18.6 Å². The van der Waals surface area contributed by atoms with Gasteiger partial charge in [0.15, 0.2) is 0 Å². The van der Waals surface area contributed by atoms with Crippen LogP contribution < -0.4 is 5.32 Å². The average Bonchev–Trinajstić information content (AvgIpc) is 2.89. The molecule has 1 unspecified atom stereocenters. The Balaban J connectivity index is 2.40. The number of hydrogen-bond acceptors (Lipinski definition) is 2. The molecular formula is C15H17F2NS. The van der Waals surface area contributed by atoms with E-state index in [2.05, 4.69) is 12.2 Å². The summed E-state index contributed by atoms with van der Waals surface area (Å²) in [7, 11) is 0. The molecule has 0 saturated carbocycles. The lowest BCUT2D eigenvalue weighted by atomic mass is 10.0. The molecule has 1 heterocycles. The Kier molecular flexibility index (Phi) is 4.66. The van der Waals surface area contributed by atoms with Gasteiger partial charge in [-0.1, -0.05) is 13.0 Å². The Morgan fingerprint density at radius 2 is 2.05 bits per heavy atom. The normalized spacial score (nSPS) is 12.6. The molecular weight excluding hydrogens is 264 g/mol. The van der Waals surface area contributed by atoms with Crippen molar-refractivity contribution in [3.05, 3.63) is 57.3 Å². The lowest BCUT2D eigenvalue weighted by Crippen LogP contribution is -2.23. The van der Waals surface area contributed by atoms with Gasteiger partial charge in [0, 0.05) is 16.5 Å². The van der Waals surface area contributed by atoms with Crippen LogP contribution in [0.5, 0.6) is 0 Å². The summed E-state index contributed by atoms with van der Waals surface area (Å²) in [5.41, 5.74) is 0.978. The molecule has 19 heavy (non-hydrogen) atoms. The SMILES string of the molecule is CCCNC(c1cccs1)c1cc(C)c(F)cc1F. The van der Waals surface area contributed by atoms with Gasteiger partial charge >= 0.3 is 0 Å². The van der Waals surface area contributed by atoms with Crippen LogP contribution in [0.2, 0.25) is 0 Å². The summed E-state index contributed by atoms with van der Waals surface area (Å²) >= 11 is 1.57. The number of hydrogen-bond donors (Lipinski definition) is 1. The zero-order valence-corrected chi connectivity index (χ0v) is 11.9. The van der Waals surface area contributed by atoms with Crippen molar-refractivity contribution in [2.45, 2.75) is 26.3 Å². The quantitative estimate of drug-likeness (QED) is 0.855. The Morgan fingerprint density at radius 3 is 2.68 bits per heavy atom. The van der Waals surface area contributed by atoms with Crippen LogP contribution in [0.4, 0.5) is 8.78 Å². The molecule has 1 N–H and O–H groups in total. The van der Waals surface area contributed by atoms with Gasteiger partial charge in [0.05, 0.1) is 6.04 Å². The Bertz CT molecular complexity index is 537. The van der Waals surface area contributed by atoms with E-state index in [1.165, 1.54) is 0 Å². The van der Waals surface area contributed by atoms with Crippen molar-refractivity contribution in [3.63, 3.8) is 0 Å². The molecule has 0 spiro atoms. The summed E-state index contributed by atoms with van der Waals surface area (Å²) in [6.07, 6.45) is 0.962.